The summed E-state index contributed by atoms with van der Waals surface area (Å²) in [5.41, 5.74) is 2.22. The molecule has 1 aliphatic carbocycles. The third kappa shape index (κ3) is 3.39. The topological polar surface area (TPSA) is 27.6 Å². The molecule has 0 aromatic heterocycles. The second-order valence-electron chi connectivity index (χ2n) is 7.00. The van der Waals surface area contributed by atoms with Gasteiger partial charge in [0.2, 0.25) is 0 Å². The fourth-order valence-electron chi connectivity index (χ4n) is 3.89. The average molecular weight is 337 g/mol. The molecule has 1 N–H and O–H groups in total. The first-order chi connectivity index (χ1) is 12.3. The average Bonchev–Trinajstić information content (AvgIpc) is 3.23. The number of rotatable bonds is 3. The summed E-state index contributed by atoms with van der Waals surface area (Å²) in [4.78, 5) is 6.79. The number of nitrogens with zero attached hydrogens (tertiary/aromatic N) is 2. The van der Waals surface area contributed by atoms with E-state index in [1.165, 1.54) is 5.56 Å². The van der Waals surface area contributed by atoms with Crippen LogP contribution >= 0.6 is 0 Å². The van der Waals surface area contributed by atoms with Crippen LogP contribution in [-0.4, -0.2) is 37.0 Å². The molecule has 2 aliphatic rings. The first kappa shape index (κ1) is 16.1. The molecule has 1 heterocycles. The molecular formula is C21H24FN3. The van der Waals surface area contributed by atoms with E-state index >= 15 is 0 Å². The summed E-state index contributed by atoms with van der Waals surface area (Å²) in [6.07, 6.45) is 2.11. The molecule has 130 valence electrons. The highest BCUT2D eigenvalue weighted by Crippen LogP contribution is 2.42. The van der Waals surface area contributed by atoms with Gasteiger partial charge >= 0.3 is 0 Å². The van der Waals surface area contributed by atoms with Crippen molar-refractivity contribution in [2.24, 2.45) is 4.99 Å². The fraction of sp³-hybridized carbons (Fsp3) is 0.381. The van der Waals surface area contributed by atoms with Crippen molar-refractivity contribution >= 4 is 5.96 Å². The highest BCUT2D eigenvalue weighted by Gasteiger charge is 2.41. The summed E-state index contributed by atoms with van der Waals surface area (Å²) in [5.74, 6) is 1.66. The Morgan fingerprint density at radius 3 is 2.64 bits per heavy atom. The van der Waals surface area contributed by atoms with Crippen LogP contribution in [0.3, 0.4) is 0 Å². The summed E-state index contributed by atoms with van der Waals surface area (Å²) in [5, 5.41) is 3.54. The zero-order valence-electron chi connectivity index (χ0n) is 14.5. The lowest BCUT2D eigenvalue weighted by Crippen LogP contribution is -2.41. The van der Waals surface area contributed by atoms with Gasteiger partial charge in [-0.05, 0) is 30.0 Å². The Labute approximate surface area is 148 Å². The van der Waals surface area contributed by atoms with E-state index in [1.54, 1.807) is 12.1 Å². The lowest BCUT2D eigenvalue weighted by molar-refractivity contribution is 0.484. The standard InChI is InChI=1S/C21H24FN3/c1-23-21(24-20-13-18(20)17-9-5-6-10-19(17)22)25-12-11-16(14-25)15-7-3-2-4-8-15/h2-10,16,18,20H,11-14H2,1H3,(H,23,24). The second-order valence-corrected chi connectivity index (χ2v) is 7.00. The smallest absolute Gasteiger partial charge is 0.193 e. The van der Waals surface area contributed by atoms with Gasteiger partial charge in [-0.15, -0.1) is 0 Å². The highest BCUT2D eigenvalue weighted by molar-refractivity contribution is 5.81. The van der Waals surface area contributed by atoms with Crippen molar-refractivity contribution in [1.82, 2.24) is 10.2 Å². The van der Waals surface area contributed by atoms with E-state index in [0.717, 1.165) is 37.5 Å². The maximum Gasteiger partial charge on any atom is 0.193 e. The van der Waals surface area contributed by atoms with Gasteiger partial charge < -0.3 is 10.2 Å². The summed E-state index contributed by atoms with van der Waals surface area (Å²) < 4.78 is 13.9. The normalized spacial score (nSPS) is 25.9. The second kappa shape index (κ2) is 6.87. The molecule has 25 heavy (non-hydrogen) atoms. The first-order valence-corrected chi connectivity index (χ1v) is 9.04. The third-order valence-corrected chi connectivity index (χ3v) is 5.38. The minimum atomic E-state index is -0.0999. The Balaban J connectivity index is 1.37. The van der Waals surface area contributed by atoms with E-state index in [-0.39, 0.29) is 17.8 Å². The van der Waals surface area contributed by atoms with E-state index in [1.807, 2.05) is 19.2 Å². The molecule has 1 aliphatic heterocycles. The predicted octanol–water partition coefficient (Wildman–Crippen LogP) is 3.75. The monoisotopic (exact) mass is 337 g/mol. The van der Waals surface area contributed by atoms with E-state index < -0.39 is 0 Å². The van der Waals surface area contributed by atoms with Crippen molar-refractivity contribution in [2.45, 2.75) is 30.7 Å². The highest BCUT2D eigenvalue weighted by atomic mass is 19.1. The van der Waals surface area contributed by atoms with Crippen molar-refractivity contribution in [1.29, 1.82) is 0 Å². The first-order valence-electron chi connectivity index (χ1n) is 9.04. The van der Waals surface area contributed by atoms with Crippen LogP contribution in [0.1, 0.15) is 35.8 Å². The van der Waals surface area contributed by atoms with Crippen molar-refractivity contribution in [3.05, 3.63) is 71.5 Å². The molecule has 1 saturated heterocycles. The maximum absolute atomic E-state index is 13.9. The Morgan fingerprint density at radius 2 is 1.88 bits per heavy atom. The summed E-state index contributed by atoms with van der Waals surface area (Å²) in [6, 6.07) is 18.1. The Kier molecular flexibility index (Phi) is 4.43. The van der Waals surface area contributed by atoms with E-state index in [9.17, 15) is 4.39 Å². The number of benzene rings is 2. The summed E-state index contributed by atoms with van der Waals surface area (Å²) in [7, 11) is 1.83. The number of likely N-dealkylation sites (tertiary alicyclic amines) is 1. The van der Waals surface area contributed by atoms with Crippen LogP contribution in [0, 0.1) is 5.82 Å². The van der Waals surface area contributed by atoms with Gasteiger partial charge in [0.1, 0.15) is 5.82 Å². The molecule has 2 fully saturated rings. The van der Waals surface area contributed by atoms with Gasteiger partial charge in [0.05, 0.1) is 0 Å². The molecule has 1 saturated carbocycles. The number of halogens is 1. The van der Waals surface area contributed by atoms with Gasteiger partial charge in [-0.1, -0.05) is 48.5 Å². The van der Waals surface area contributed by atoms with Gasteiger partial charge in [-0.2, -0.15) is 0 Å². The fourth-order valence-corrected chi connectivity index (χ4v) is 3.89. The minimum absolute atomic E-state index is 0.0999. The number of guanidine groups is 1. The number of nitrogens with one attached hydrogen (secondary N) is 1. The van der Waals surface area contributed by atoms with Crippen LogP contribution in [0.4, 0.5) is 4.39 Å². The molecule has 0 radical (unpaired) electrons. The van der Waals surface area contributed by atoms with Crippen LogP contribution < -0.4 is 5.32 Å². The quantitative estimate of drug-likeness (QED) is 0.682. The molecule has 4 heteroatoms. The van der Waals surface area contributed by atoms with Gasteiger partial charge in [0.15, 0.2) is 5.96 Å². The zero-order valence-corrected chi connectivity index (χ0v) is 14.5. The SMILES string of the molecule is CN=C(NC1CC1c1ccccc1F)N1CCC(c2ccccc2)C1. The van der Waals surface area contributed by atoms with E-state index in [0.29, 0.717) is 5.92 Å². The molecule has 3 atom stereocenters. The Hall–Kier alpha value is -2.36. The molecular weight excluding hydrogens is 313 g/mol. The number of aliphatic imine (C=N–C) groups is 1. The summed E-state index contributed by atoms with van der Waals surface area (Å²) >= 11 is 0. The minimum Gasteiger partial charge on any atom is -0.353 e. The van der Waals surface area contributed by atoms with Crippen molar-refractivity contribution in [3.63, 3.8) is 0 Å². The molecule has 0 amide bonds. The van der Waals surface area contributed by atoms with Crippen LogP contribution in [0.25, 0.3) is 0 Å². The van der Waals surface area contributed by atoms with E-state index in [2.05, 4.69) is 45.5 Å². The third-order valence-electron chi connectivity index (χ3n) is 5.38. The van der Waals surface area contributed by atoms with Crippen LogP contribution in [0.5, 0.6) is 0 Å². The van der Waals surface area contributed by atoms with Crippen molar-refractivity contribution < 1.29 is 4.39 Å². The van der Waals surface area contributed by atoms with E-state index in [4.69, 9.17) is 0 Å². The lowest BCUT2D eigenvalue weighted by atomic mass is 9.99. The van der Waals surface area contributed by atoms with Crippen LogP contribution in [0.15, 0.2) is 59.6 Å². The van der Waals surface area contributed by atoms with Crippen LogP contribution in [0.2, 0.25) is 0 Å². The van der Waals surface area contributed by atoms with Gasteiger partial charge in [0, 0.05) is 38.0 Å². The lowest BCUT2D eigenvalue weighted by Gasteiger charge is -2.22. The molecule has 3 nitrogen and oxygen atoms in total. The zero-order chi connectivity index (χ0) is 17.2. The van der Waals surface area contributed by atoms with Gasteiger partial charge in [-0.25, -0.2) is 4.39 Å². The molecule has 3 unspecified atom stereocenters. The molecule has 4 rings (SSSR count). The van der Waals surface area contributed by atoms with Gasteiger partial charge in [-0.3, -0.25) is 4.99 Å². The van der Waals surface area contributed by atoms with Crippen molar-refractivity contribution in [2.75, 3.05) is 20.1 Å². The van der Waals surface area contributed by atoms with Crippen LogP contribution in [-0.2, 0) is 0 Å². The Bertz CT molecular complexity index is 759. The predicted molar refractivity (Wildman–Crippen MR) is 99.4 cm³/mol. The largest absolute Gasteiger partial charge is 0.353 e. The molecule has 2 aromatic carbocycles. The maximum atomic E-state index is 13.9. The molecule has 2 aromatic rings. The van der Waals surface area contributed by atoms with Crippen molar-refractivity contribution in [3.8, 4) is 0 Å². The summed E-state index contributed by atoms with van der Waals surface area (Å²) in [6.45, 7) is 2.00. The number of hydrogen-bond donors (Lipinski definition) is 1. The van der Waals surface area contributed by atoms with Gasteiger partial charge in [0.25, 0.3) is 0 Å². The molecule has 0 spiro atoms. The molecule has 0 bridgehead atoms. The number of hydrogen-bond acceptors (Lipinski definition) is 1. The Morgan fingerprint density at radius 1 is 1.12 bits per heavy atom.